The van der Waals surface area contributed by atoms with Crippen LogP contribution in [0.1, 0.15) is 30.4 Å². The van der Waals surface area contributed by atoms with Crippen LogP contribution in [-0.4, -0.2) is 40.9 Å². The standard InChI is InChI=1S/C22H30N2O3S/c1-27-22-11-7-20(8-12-22)14-18-28(25,26)23-15-13-19-5-9-21(10-6-19)24-16-3-2-4-17-24/h5-12,23H,2-4,13-18H2,1H3. The van der Waals surface area contributed by atoms with Crippen LogP contribution in [0.4, 0.5) is 5.69 Å². The molecule has 6 heteroatoms. The summed E-state index contributed by atoms with van der Waals surface area (Å²) in [6.45, 7) is 2.69. The van der Waals surface area contributed by atoms with Gasteiger partial charge < -0.3 is 9.64 Å². The first-order valence-electron chi connectivity index (χ1n) is 10.00. The van der Waals surface area contributed by atoms with Gasteiger partial charge in [-0.15, -0.1) is 0 Å². The molecule has 1 saturated heterocycles. The highest BCUT2D eigenvalue weighted by Gasteiger charge is 2.12. The van der Waals surface area contributed by atoms with E-state index in [2.05, 4.69) is 33.9 Å². The van der Waals surface area contributed by atoms with Crippen molar-refractivity contribution in [3.05, 3.63) is 59.7 Å². The maximum Gasteiger partial charge on any atom is 0.211 e. The van der Waals surface area contributed by atoms with E-state index in [1.807, 2.05) is 24.3 Å². The summed E-state index contributed by atoms with van der Waals surface area (Å²) in [7, 11) is -1.66. The summed E-state index contributed by atoms with van der Waals surface area (Å²) in [6, 6.07) is 16.0. The van der Waals surface area contributed by atoms with E-state index in [0.29, 0.717) is 19.4 Å². The fraction of sp³-hybridized carbons (Fsp3) is 0.455. The quantitative estimate of drug-likeness (QED) is 0.698. The van der Waals surface area contributed by atoms with E-state index in [4.69, 9.17) is 4.74 Å². The maximum absolute atomic E-state index is 12.2. The minimum absolute atomic E-state index is 0.0905. The van der Waals surface area contributed by atoms with Gasteiger partial charge in [-0.1, -0.05) is 24.3 Å². The van der Waals surface area contributed by atoms with Gasteiger partial charge in [0.25, 0.3) is 0 Å². The van der Waals surface area contributed by atoms with Crippen LogP contribution in [0.3, 0.4) is 0 Å². The lowest BCUT2D eigenvalue weighted by molar-refractivity contribution is 0.414. The number of piperidine rings is 1. The van der Waals surface area contributed by atoms with Gasteiger partial charge in [0, 0.05) is 25.3 Å². The average Bonchev–Trinajstić information content (AvgIpc) is 2.74. The van der Waals surface area contributed by atoms with Crippen LogP contribution in [0.15, 0.2) is 48.5 Å². The molecule has 0 saturated carbocycles. The van der Waals surface area contributed by atoms with Crippen LogP contribution in [-0.2, 0) is 22.9 Å². The highest BCUT2D eigenvalue weighted by molar-refractivity contribution is 7.89. The average molecular weight is 403 g/mol. The third-order valence-electron chi connectivity index (χ3n) is 5.21. The number of ether oxygens (including phenoxy) is 1. The van der Waals surface area contributed by atoms with Crippen LogP contribution >= 0.6 is 0 Å². The lowest BCUT2D eigenvalue weighted by atomic mass is 10.1. The molecule has 3 rings (SSSR count). The van der Waals surface area contributed by atoms with Crippen molar-refractivity contribution in [2.75, 3.05) is 37.4 Å². The summed E-state index contributed by atoms with van der Waals surface area (Å²) in [5, 5.41) is 0. The Balaban J connectivity index is 1.42. The Bertz CT molecular complexity index is 827. The number of benzene rings is 2. The van der Waals surface area contributed by atoms with Crippen molar-refractivity contribution in [2.24, 2.45) is 0 Å². The zero-order chi connectivity index (χ0) is 19.8. The van der Waals surface area contributed by atoms with E-state index in [9.17, 15) is 8.42 Å². The fourth-order valence-corrected chi connectivity index (χ4v) is 4.55. The smallest absolute Gasteiger partial charge is 0.211 e. The van der Waals surface area contributed by atoms with E-state index < -0.39 is 10.0 Å². The molecule has 0 spiro atoms. The zero-order valence-corrected chi connectivity index (χ0v) is 17.4. The number of hydrogen-bond acceptors (Lipinski definition) is 4. The van der Waals surface area contributed by atoms with E-state index >= 15 is 0 Å². The minimum atomic E-state index is -3.28. The van der Waals surface area contributed by atoms with Gasteiger partial charge in [0.15, 0.2) is 0 Å². The van der Waals surface area contributed by atoms with Gasteiger partial charge in [-0.05, 0) is 67.5 Å². The molecule has 0 bridgehead atoms. The SMILES string of the molecule is COc1ccc(CCS(=O)(=O)NCCc2ccc(N3CCCCC3)cc2)cc1. The molecule has 1 fully saturated rings. The molecule has 1 N–H and O–H groups in total. The van der Waals surface area contributed by atoms with Crippen molar-refractivity contribution < 1.29 is 13.2 Å². The van der Waals surface area contributed by atoms with E-state index in [1.165, 1.54) is 24.9 Å². The topological polar surface area (TPSA) is 58.6 Å². The Morgan fingerprint density at radius 1 is 0.893 bits per heavy atom. The van der Waals surface area contributed by atoms with Crippen molar-refractivity contribution in [3.8, 4) is 5.75 Å². The molecule has 0 aliphatic carbocycles. The molecule has 152 valence electrons. The Hall–Kier alpha value is -2.05. The Labute approximate surface area is 168 Å². The van der Waals surface area contributed by atoms with Crippen molar-refractivity contribution in [1.29, 1.82) is 0 Å². The molecule has 2 aromatic rings. The van der Waals surface area contributed by atoms with Gasteiger partial charge in [0.05, 0.1) is 12.9 Å². The first kappa shape index (κ1) is 20.7. The van der Waals surface area contributed by atoms with Crippen LogP contribution in [0.5, 0.6) is 5.75 Å². The minimum Gasteiger partial charge on any atom is -0.497 e. The van der Waals surface area contributed by atoms with Gasteiger partial charge in [-0.25, -0.2) is 13.1 Å². The third-order valence-corrected chi connectivity index (χ3v) is 6.60. The normalized spacial score (nSPS) is 14.8. The maximum atomic E-state index is 12.2. The monoisotopic (exact) mass is 402 g/mol. The third kappa shape index (κ3) is 6.24. The lowest BCUT2D eigenvalue weighted by Gasteiger charge is -2.28. The summed E-state index contributed by atoms with van der Waals surface area (Å²) < 4.78 is 32.3. The van der Waals surface area contributed by atoms with Crippen LogP contribution in [0.2, 0.25) is 0 Å². The largest absolute Gasteiger partial charge is 0.497 e. The predicted octanol–water partition coefficient (Wildman–Crippen LogP) is 3.39. The van der Waals surface area contributed by atoms with Gasteiger partial charge in [-0.2, -0.15) is 0 Å². The first-order valence-corrected chi connectivity index (χ1v) is 11.7. The number of nitrogens with one attached hydrogen (secondary N) is 1. The molecule has 0 atom stereocenters. The highest BCUT2D eigenvalue weighted by Crippen LogP contribution is 2.20. The molecule has 5 nitrogen and oxygen atoms in total. The molecule has 0 unspecified atom stereocenters. The number of nitrogens with zero attached hydrogens (tertiary/aromatic N) is 1. The molecule has 1 heterocycles. The molecular weight excluding hydrogens is 372 g/mol. The molecule has 0 aromatic heterocycles. The summed E-state index contributed by atoms with van der Waals surface area (Å²) in [5.41, 5.74) is 3.40. The van der Waals surface area contributed by atoms with Crippen molar-refractivity contribution in [3.63, 3.8) is 0 Å². The number of hydrogen-bond donors (Lipinski definition) is 1. The Kier molecular flexibility index (Phi) is 7.34. The van der Waals surface area contributed by atoms with Gasteiger partial charge >= 0.3 is 0 Å². The number of sulfonamides is 1. The molecule has 1 aliphatic rings. The number of aryl methyl sites for hydroxylation is 1. The Morgan fingerprint density at radius 3 is 2.14 bits per heavy atom. The summed E-state index contributed by atoms with van der Waals surface area (Å²) >= 11 is 0. The van der Waals surface area contributed by atoms with Crippen LogP contribution < -0.4 is 14.4 Å². The van der Waals surface area contributed by atoms with Crippen molar-refractivity contribution >= 4 is 15.7 Å². The van der Waals surface area contributed by atoms with E-state index in [0.717, 1.165) is 30.0 Å². The lowest BCUT2D eigenvalue weighted by Crippen LogP contribution is -2.29. The number of rotatable bonds is 9. The summed E-state index contributed by atoms with van der Waals surface area (Å²) in [5.74, 6) is 0.865. The van der Waals surface area contributed by atoms with E-state index in [1.54, 1.807) is 7.11 Å². The molecular formula is C22H30N2O3S. The predicted molar refractivity (Wildman–Crippen MR) is 115 cm³/mol. The number of anilines is 1. The van der Waals surface area contributed by atoms with Gasteiger partial charge in [0.1, 0.15) is 5.75 Å². The molecule has 1 aliphatic heterocycles. The molecule has 28 heavy (non-hydrogen) atoms. The second kappa shape index (κ2) is 9.94. The first-order chi connectivity index (χ1) is 13.6. The second-order valence-corrected chi connectivity index (χ2v) is 9.20. The van der Waals surface area contributed by atoms with E-state index in [-0.39, 0.29) is 5.75 Å². The molecule has 2 aromatic carbocycles. The van der Waals surface area contributed by atoms with Crippen molar-refractivity contribution in [2.45, 2.75) is 32.1 Å². The van der Waals surface area contributed by atoms with Crippen LogP contribution in [0.25, 0.3) is 0 Å². The van der Waals surface area contributed by atoms with Crippen LogP contribution in [0, 0.1) is 0 Å². The zero-order valence-electron chi connectivity index (χ0n) is 16.6. The number of methoxy groups -OCH3 is 1. The van der Waals surface area contributed by atoms with Gasteiger partial charge in [-0.3, -0.25) is 0 Å². The van der Waals surface area contributed by atoms with Crippen molar-refractivity contribution in [1.82, 2.24) is 4.72 Å². The fourth-order valence-electron chi connectivity index (χ4n) is 3.49. The molecule has 0 amide bonds. The summed E-state index contributed by atoms with van der Waals surface area (Å²) in [6.07, 6.45) is 5.04. The molecule has 0 radical (unpaired) electrons. The highest BCUT2D eigenvalue weighted by atomic mass is 32.2. The second-order valence-electron chi connectivity index (χ2n) is 7.28. The van der Waals surface area contributed by atoms with Gasteiger partial charge in [0.2, 0.25) is 10.0 Å². The Morgan fingerprint density at radius 2 is 1.50 bits per heavy atom. The summed E-state index contributed by atoms with van der Waals surface area (Å²) in [4.78, 5) is 2.43.